The molecule has 4 rings (SSSR count). The van der Waals surface area contributed by atoms with Crippen molar-refractivity contribution in [2.24, 2.45) is 5.92 Å². The maximum atomic E-state index is 14.6. The lowest BCUT2D eigenvalue weighted by atomic mass is 10.0. The summed E-state index contributed by atoms with van der Waals surface area (Å²) < 4.78 is 108. The fourth-order valence-electron chi connectivity index (χ4n) is 4.53. The van der Waals surface area contributed by atoms with Gasteiger partial charge in [-0.15, -0.1) is 6.58 Å². The van der Waals surface area contributed by atoms with Crippen LogP contribution in [0.5, 0.6) is 0 Å². The van der Waals surface area contributed by atoms with Gasteiger partial charge in [-0.25, -0.2) is 31.6 Å². The zero-order chi connectivity index (χ0) is 29.4. The van der Waals surface area contributed by atoms with Crippen LogP contribution in [0, 0.1) is 23.4 Å². The van der Waals surface area contributed by atoms with Crippen LogP contribution in [-0.4, -0.2) is 40.7 Å². The van der Waals surface area contributed by atoms with Crippen molar-refractivity contribution in [3.05, 3.63) is 90.3 Å². The van der Waals surface area contributed by atoms with Gasteiger partial charge in [-0.05, 0) is 61.2 Å². The van der Waals surface area contributed by atoms with Crippen molar-refractivity contribution >= 4 is 15.9 Å². The number of amides is 1. The summed E-state index contributed by atoms with van der Waals surface area (Å²) in [6.07, 6.45) is -1.62. The minimum absolute atomic E-state index is 0.0329. The summed E-state index contributed by atoms with van der Waals surface area (Å²) in [6.45, 7) is 4.72. The maximum absolute atomic E-state index is 14.6. The lowest BCUT2D eigenvalue weighted by molar-refractivity contribution is -0.145. The first-order valence-corrected chi connectivity index (χ1v) is 13.2. The second-order valence-electron chi connectivity index (χ2n) is 9.12. The molecular weight excluding hydrogens is 562 g/mol. The Kier molecular flexibility index (Phi) is 8.04. The van der Waals surface area contributed by atoms with Gasteiger partial charge in [0.25, 0.3) is 0 Å². The van der Waals surface area contributed by atoms with Gasteiger partial charge in [0.05, 0.1) is 4.90 Å². The highest BCUT2D eigenvalue weighted by atomic mass is 32.2. The molecule has 2 aromatic carbocycles. The standard InChI is InChI=1S/C26H22F6N4O3S/c1-3-15-10-22(36(14(15)2)40(38,39)20-6-4-19(27)5-7-20)24(37)33-11-17-8-16(9-21(28)23(17)29)18-12-34-25(35-13-18)26(30,31)32/h3-9,12-15,22H,1,10-11H2,2H3,(H,33,37)/t14-,15+,22-/m0/s1. The third-order valence-corrected chi connectivity index (χ3v) is 8.62. The zero-order valence-corrected chi connectivity index (χ0v) is 21.6. The van der Waals surface area contributed by atoms with Crippen molar-refractivity contribution in [2.75, 3.05) is 0 Å². The summed E-state index contributed by atoms with van der Waals surface area (Å²) in [7, 11) is -4.27. The molecule has 14 heteroatoms. The number of alkyl halides is 3. The Morgan fingerprint density at radius 3 is 2.30 bits per heavy atom. The molecule has 0 spiro atoms. The summed E-state index contributed by atoms with van der Waals surface area (Å²) >= 11 is 0. The molecule has 0 saturated carbocycles. The van der Waals surface area contributed by atoms with E-state index >= 15 is 0 Å². The van der Waals surface area contributed by atoms with Crippen molar-refractivity contribution in [1.82, 2.24) is 19.6 Å². The smallest absolute Gasteiger partial charge is 0.351 e. The lowest BCUT2D eigenvalue weighted by Crippen LogP contribution is -2.48. The normalized spacial score (nSPS) is 19.9. The summed E-state index contributed by atoms with van der Waals surface area (Å²) in [6, 6.07) is 4.01. The van der Waals surface area contributed by atoms with Gasteiger partial charge < -0.3 is 5.32 Å². The summed E-state index contributed by atoms with van der Waals surface area (Å²) in [5.74, 6) is -5.91. The van der Waals surface area contributed by atoms with E-state index < -0.39 is 69.9 Å². The molecule has 0 aliphatic carbocycles. The van der Waals surface area contributed by atoms with E-state index in [-0.39, 0.29) is 28.0 Å². The van der Waals surface area contributed by atoms with Gasteiger partial charge in [-0.2, -0.15) is 17.5 Å². The quantitative estimate of drug-likeness (QED) is 0.317. The molecule has 1 amide bonds. The van der Waals surface area contributed by atoms with E-state index in [0.29, 0.717) is 0 Å². The third kappa shape index (κ3) is 5.72. The molecule has 0 radical (unpaired) electrons. The molecule has 3 aromatic rings. The Morgan fingerprint density at radius 2 is 1.73 bits per heavy atom. The van der Waals surface area contributed by atoms with Gasteiger partial charge in [-0.3, -0.25) is 4.79 Å². The second-order valence-corrected chi connectivity index (χ2v) is 11.0. The average molecular weight is 585 g/mol. The van der Waals surface area contributed by atoms with Crippen LogP contribution in [0.4, 0.5) is 26.3 Å². The van der Waals surface area contributed by atoms with Crippen LogP contribution in [0.2, 0.25) is 0 Å². The first kappa shape index (κ1) is 29.2. The largest absolute Gasteiger partial charge is 0.451 e. The molecule has 1 aliphatic heterocycles. The van der Waals surface area contributed by atoms with Crippen molar-refractivity contribution in [1.29, 1.82) is 0 Å². The summed E-state index contributed by atoms with van der Waals surface area (Å²) in [4.78, 5) is 19.4. The minimum Gasteiger partial charge on any atom is -0.351 e. The number of nitrogens with zero attached hydrogens (tertiary/aromatic N) is 3. The number of carbonyl (C=O) groups is 1. The number of aromatic nitrogens is 2. The van der Waals surface area contributed by atoms with Crippen LogP contribution in [0.1, 0.15) is 24.7 Å². The number of nitrogens with one attached hydrogen (secondary N) is 1. The average Bonchev–Trinajstić information content (AvgIpc) is 3.26. The molecule has 40 heavy (non-hydrogen) atoms. The highest BCUT2D eigenvalue weighted by molar-refractivity contribution is 7.89. The molecule has 2 heterocycles. The Bertz CT molecular complexity index is 1530. The predicted molar refractivity (Wildman–Crippen MR) is 131 cm³/mol. The number of hydrogen-bond donors (Lipinski definition) is 1. The van der Waals surface area contributed by atoms with Crippen LogP contribution >= 0.6 is 0 Å². The van der Waals surface area contributed by atoms with Gasteiger partial charge in [-0.1, -0.05) is 6.08 Å². The van der Waals surface area contributed by atoms with Crippen molar-refractivity contribution in [3.63, 3.8) is 0 Å². The van der Waals surface area contributed by atoms with Crippen LogP contribution in [0.25, 0.3) is 11.1 Å². The zero-order valence-electron chi connectivity index (χ0n) is 20.8. The maximum Gasteiger partial charge on any atom is 0.451 e. The number of rotatable bonds is 7. The van der Waals surface area contributed by atoms with Crippen LogP contribution in [0.15, 0.2) is 66.3 Å². The van der Waals surface area contributed by atoms with Gasteiger partial charge in [0.1, 0.15) is 11.9 Å². The number of benzene rings is 2. The van der Waals surface area contributed by atoms with E-state index in [2.05, 4.69) is 21.9 Å². The molecular formula is C26H22F6N4O3S. The number of halogens is 6. The van der Waals surface area contributed by atoms with Crippen LogP contribution in [-0.2, 0) is 27.5 Å². The van der Waals surface area contributed by atoms with Gasteiger partial charge in [0.15, 0.2) is 11.6 Å². The number of sulfonamides is 1. The van der Waals surface area contributed by atoms with Crippen molar-refractivity contribution in [3.8, 4) is 11.1 Å². The molecule has 0 unspecified atom stereocenters. The first-order valence-electron chi connectivity index (χ1n) is 11.8. The topological polar surface area (TPSA) is 92.3 Å². The van der Waals surface area contributed by atoms with E-state index in [4.69, 9.17) is 0 Å². The Hall–Kier alpha value is -3.78. The Labute approximate surface area is 225 Å². The lowest BCUT2D eigenvalue weighted by Gasteiger charge is -2.27. The van der Waals surface area contributed by atoms with Gasteiger partial charge in [0.2, 0.25) is 21.8 Å². The molecule has 0 bridgehead atoms. The number of carbonyl (C=O) groups excluding carboxylic acids is 1. The van der Waals surface area contributed by atoms with Crippen LogP contribution < -0.4 is 5.32 Å². The van der Waals surface area contributed by atoms with E-state index in [1.54, 1.807) is 6.92 Å². The Balaban J connectivity index is 1.58. The van der Waals surface area contributed by atoms with Crippen LogP contribution in [0.3, 0.4) is 0 Å². The monoisotopic (exact) mass is 584 g/mol. The first-order chi connectivity index (χ1) is 18.7. The van der Waals surface area contributed by atoms with E-state index in [9.17, 15) is 39.6 Å². The van der Waals surface area contributed by atoms with Gasteiger partial charge >= 0.3 is 6.18 Å². The molecule has 1 N–H and O–H groups in total. The van der Waals surface area contributed by atoms with Crippen molar-refractivity contribution < 1.29 is 39.6 Å². The van der Waals surface area contributed by atoms with E-state index in [1.165, 1.54) is 6.08 Å². The highest BCUT2D eigenvalue weighted by Gasteiger charge is 2.47. The fourth-order valence-corrected chi connectivity index (χ4v) is 6.36. The van der Waals surface area contributed by atoms with Crippen molar-refractivity contribution in [2.45, 2.75) is 43.0 Å². The highest BCUT2D eigenvalue weighted by Crippen LogP contribution is 2.36. The minimum atomic E-state index is -4.79. The molecule has 1 saturated heterocycles. The molecule has 1 fully saturated rings. The predicted octanol–water partition coefficient (Wildman–Crippen LogP) is 4.85. The molecule has 1 aliphatic rings. The van der Waals surface area contributed by atoms with Gasteiger partial charge in [0, 0.05) is 36.1 Å². The molecule has 7 nitrogen and oxygen atoms in total. The molecule has 212 valence electrons. The summed E-state index contributed by atoms with van der Waals surface area (Å²) in [5.41, 5.74) is -0.421. The third-order valence-electron chi connectivity index (χ3n) is 6.61. The number of hydrogen-bond acceptors (Lipinski definition) is 5. The fraction of sp³-hybridized carbons (Fsp3) is 0.269. The molecule has 3 atom stereocenters. The van der Waals surface area contributed by atoms with E-state index in [0.717, 1.165) is 53.1 Å². The molecule has 1 aromatic heterocycles. The summed E-state index contributed by atoms with van der Waals surface area (Å²) in [5, 5.41) is 2.42. The van der Waals surface area contributed by atoms with E-state index in [1.807, 2.05) is 0 Å². The Morgan fingerprint density at radius 1 is 1.10 bits per heavy atom. The second kappa shape index (κ2) is 11.0. The SMILES string of the molecule is C=C[C@@H]1C[C@@H](C(=O)NCc2cc(-c3cnc(C(F)(F)F)nc3)cc(F)c2F)N(S(=O)(=O)c2ccc(F)cc2)[C@H]1C.